The van der Waals surface area contributed by atoms with E-state index in [4.69, 9.17) is 18.9 Å². The van der Waals surface area contributed by atoms with Crippen molar-refractivity contribution in [1.82, 2.24) is 49.6 Å². The number of nitrogens with zero attached hydrogens (tertiary/aromatic N) is 6. The average Bonchev–Trinajstić information content (AvgIpc) is 4.15. The van der Waals surface area contributed by atoms with E-state index in [1.54, 1.807) is 25.6 Å². The molecule has 6 rings (SSSR count). The first kappa shape index (κ1) is 68.3. The number of amides is 2. The summed E-state index contributed by atoms with van der Waals surface area (Å²) in [7, 11) is 3.28. The minimum atomic E-state index is -0.341. The van der Waals surface area contributed by atoms with Crippen LogP contribution < -0.4 is 27.1 Å². The Labute approximate surface area is 424 Å². The molecular formula is C49H85N11O8S2. The third-order valence-electron chi connectivity index (χ3n) is 8.57. The van der Waals surface area contributed by atoms with Gasteiger partial charge in [-0.15, -0.1) is 0 Å². The topological polar surface area (TPSA) is 268 Å². The van der Waals surface area contributed by atoms with Crippen LogP contribution in [0.3, 0.4) is 0 Å². The number of aromatic hydroxyl groups is 1. The highest BCUT2D eigenvalue weighted by Gasteiger charge is 2.12. The molecule has 70 heavy (non-hydrogen) atoms. The van der Waals surface area contributed by atoms with Crippen molar-refractivity contribution < 1.29 is 28.5 Å². The number of rotatable bonds is 8. The molecule has 6 N–H and O–H groups in total. The van der Waals surface area contributed by atoms with Gasteiger partial charge in [-0.2, -0.15) is 18.8 Å². The Balaban J connectivity index is -0.000000734. The zero-order valence-electron chi connectivity index (χ0n) is 44.5. The third-order valence-corrected chi connectivity index (χ3v) is 10.3. The molecule has 0 aliphatic carbocycles. The number of hydrogen-bond acceptors (Lipinski definition) is 17. The van der Waals surface area contributed by atoms with Crippen molar-refractivity contribution >= 4 is 40.9 Å². The summed E-state index contributed by atoms with van der Waals surface area (Å²) >= 11 is 2.71. The van der Waals surface area contributed by atoms with Gasteiger partial charge in [0.05, 0.1) is 17.7 Å². The maximum Gasteiger partial charge on any atom is 0.281 e. The molecule has 0 saturated carbocycles. The van der Waals surface area contributed by atoms with Gasteiger partial charge in [-0.1, -0.05) is 123 Å². The highest BCUT2D eigenvalue weighted by atomic mass is 32.1. The van der Waals surface area contributed by atoms with Crippen LogP contribution in [0, 0.1) is 31.6 Å². The number of aliphatic imine (C=N–C) groups is 1. The van der Waals surface area contributed by atoms with E-state index in [0.717, 1.165) is 46.8 Å². The van der Waals surface area contributed by atoms with Gasteiger partial charge in [-0.05, 0) is 49.9 Å². The summed E-state index contributed by atoms with van der Waals surface area (Å²) < 4.78 is 20.3. The molecule has 0 fully saturated rings. The Morgan fingerprint density at radius 2 is 1.31 bits per heavy atom. The highest BCUT2D eigenvalue weighted by Crippen LogP contribution is 2.19. The maximum absolute atomic E-state index is 11.1. The first-order chi connectivity index (χ1) is 32.1. The van der Waals surface area contributed by atoms with Crippen LogP contribution in [0.4, 0.5) is 0 Å². The number of hydroxylamine groups is 1. The van der Waals surface area contributed by atoms with Crippen molar-refractivity contribution in [2.45, 2.75) is 162 Å². The van der Waals surface area contributed by atoms with E-state index in [1.807, 2.05) is 89.2 Å². The monoisotopic (exact) mass is 1020 g/mol. The fourth-order valence-corrected chi connectivity index (χ4v) is 5.68. The molecule has 1 aliphatic rings. The fraction of sp³-hybridized carbons (Fsp3) is 0.592. The van der Waals surface area contributed by atoms with Crippen molar-refractivity contribution in [3.05, 3.63) is 103 Å². The van der Waals surface area contributed by atoms with E-state index < -0.39 is 0 Å². The molecule has 0 saturated heterocycles. The number of aromatic nitrogens is 7. The molecule has 5 aromatic rings. The van der Waals surface area contributed by atoms with E-state index in [0.29, 0.717) is 40.8 Å². The van der Waals surface area contributed by atoms with Gasteiger partial charge in [0, 0.05) is 77.8 Å². The summed E-state index contributed by atoms with van der Waals surface area (Å²) in [6.07, 6.45) is 3.93. The maximum atomic E-state index is 11.1. The van der Waals surface area contributed by atoms with Crippen molar-refractivity contribution in [3.8, 4) is 5.75 Å². The predicted molar refractivity (Wildman–Crippen MR) is 284 cm³/mol. The number of aromatic amines is 2. The molecule has 6 heterocycles. The van der Waals surface area contributed by atoms with Gasteiger partial charge in [0.25, 0.3) is 5.56 Å². The Hall–Kier alpha value is -5.96. The van der Waals surface area contributed by atoms with E-state index in [-0.39, 0.29) is 59.7 Å². The van der Waals surface area contributed by atoms with Crippen LogP contribution in [0.5, 0.6) is 5.75 Å². The Morgan fingerprint density at radius 1 is 0.743 bits per heavy atom. The van der Waals surface area contributed by atoms with Gasteiger partial charge in [0.15, 0.2) is 5.75 Å². The third kappa shape index (κ3) is 29.8. The molecule has 0 bridgehead atoms. The molecule has 19 nitrogen and oxygen atoms in total. The summed E-state index contributed by atoms with van der Waals surface area (Å²) in [5, 5.41) is 24.2. The number of aryl methyl sites for hydroxylation is 2. The Morgan fingerprint density at radius 3 is 1.53 bits per heavy atom. The molecule has 1 aliphatic heterocycles. The quantitative estimate of drug-likeness (QED) is 0.0844. The van der Waals surface area contributed by atoms with Crippen LogP contribution in [-0.2, 0) is 14.4 Å². The summed E-state index contributed by atoms with van der Waals surface area (Å²) in [5.74, 6) is 5.55. The summed E-state index contributed by atoms with van der Waals surface area (Å²) in [6.45, 7) is 39.3. The highest BCUT2D eigenvalue weighted by molar-refractivity contribution is 7.05. The Kier molecular flexibility index (Phi) is 36.1. The number of nitrogens with one attached hydrogen (secondary N) is 5. The van der Waals surface area contributed by atoms with Gasteiger partial charge in [-0.3, -0.25) is 28.7 Å². The smallest absolute Gasteiger partial charge is 0.281 e. The molecule has 0 atom stereocenters. The molecule has 0 unspecified atom stereocenters. The first-order valence-corrected chi connectivity index (χ1v) is 24.3. The number of amidine groups is 1. The lowest BCUT2D eigenvalue weighted by atomic mass is 10.1. The van der Waals surface area contributed by atoms with Crippen LogP contribution >= 0.6 is 23.3 Å². The molecule has 5 aromatic heterocycles. The average molecular weight is 1020 g/mol. The fourth-order valence-electron chi connectivity index (χ4n) is 4.32. The van der Waals surface area contributed by atoms with Crippen LogP contribution in [-0.4, -0.2) is 70.3 Å². The van der Waals surface area contributed by atoms with Crippen molar-refractivity contribution in [3.63, 3.8) is 0 Å². The van der Waals surface area contributed by atoms with Gasteiger partial charge in [0.2, 0.25) is 23.1 Å². The molecule has 0 spiro atoms. The minimum Gasteiger partial charge on any atom is -0.502 e. The van der Waals surface area contributed by atoms with E-state index in [9.17, 15) is 19.2 Å². The first-order valence-electron chi connectivity index (χ1n) is 22.8. The largest absolute Gasteiger partial charge is 0.502 e. The van der Waals surface area contributed by atoms with Crippen molar-refractivity contribution in [2.75, 3.05) is 14.1 Å². The van der Waals surface area contributed by atoms with Crippen LogP contribution in [0.2, 0.25) is 0 Å². The molecule has 396 valence electrons. The molecule has 21 heteroatoms. The summed E-state index contributed by atoms with van der Waals surface area (Å²) in [6, 6.07) is 4.11. The predicted octanol–water partition coefficient (Wildman–Crippen LogP) is 10.5. The lowest BCUT2D eigenvalue weighted by Crippen LogP contribution is -2.22. The van der Waals surface area contributed by atoms with Crippen LogP contribution in [0.25, 0.3) is 0 Å². The zero-order valence-corrected chi connectivity index (χ0v) is 46.2. The molecule has 2 amide bonds. The minimum absolute atomic E-state index is 0. The van der Waals surface area contributed by atoms with E-state index in [1.165, 1.54) is 17.5 Å². The normalized spacial score (nSPS) is 11.0. The van der Waals surface area contributed by atoms with Crippen molar-refractivity contribution in [2.24, 2.45) is 22.7 Å². The molecule has 0 radical (unpaired) electrons. The van der Waals surface area contributed by atoms with Gasteiger partial charge in [-0.25, -0.2) is 10.5 Å². The number of H-pyrrole nitrogens is 2. The number of carbonyl (C=O) groups is 2. The second-order valence-corrected chi connectivity index (χ2v) is 19.1. The number of hydrogen-bond donors (Lipinski definition) is 6. The lowest BCUT2D eigenvalue weighted by Gasteiger charge is -2.01. The van der Waals surface area contributed by atoms with Gasteiger partial charge in [0.1, 0.15) is 35.7 Å². The SMILES string of the molecule is C.C=C1N=C(C(C)C)NO1.CC(C)c1cocc(O)c1=O.CC(C)c1ncn[nH]1.CC(C)c1ns[nH]c1=O.CNC(=O)C(C)C.CNC(=O)C(C)C.Cc1cc(C(C)C)on1.Cc1cc(C(C)C)sn1. The number of carbonyl (C=O) groups excluding carboxylic acids is 2. The molecular weight excluding hydrogens is 935 g/mol. The van der Waals surface area contributed by atoms with Crippen molar-refractivity contribution in [1.29, 1.82) is 0 Å². The van der Waals surface area contributed by atoms with E-state index in [2.05, 4.69) is 109 Å². The Bertz CT molecular complexity index is 2240. The second kappa shape index (κ2) is 36.9. The summed E-state index contributed by atoms with van der Waals surface area (Å²) in [4.78, 5) is 56.7. The van der Waals surface area contributed by atoms with Gasteiger partial charge < -0.3 is 29.5 Å². The second-order valence-electron chi connectivity index (χ2n) is 17.7. The van der Waals surface area contributed by atoms with Crippen LogP contribution in [0.15, 0.2) is 67.0 Å². The summed E-state index contributed by atoms with van der Waals surface area (Å²) in [5.41, 5.74) is 5.51. The zero-order chi connectivity index (χ0) is 53.6. The van der Waals surface area contributed by atoms with Crippen LogP contribution in [0.1, 0.15) is 187 Å². The lowest BCUT2D eigenvalue weighted by molar-refractivity contribution is -0.124. The van der Waals surface area contributed by atoms with Gasteiger partial charge >= 0.3 is 0 Å². The standard InChI is InChI=1S/C8H10O3.C7H11NO.C7H11NS.C6H10N2O.C5H9N3.C5H8N2OS.2C5H11NO.CH4/c1-5(2)6-3-11-4-7(9)8(6)10;2*1-5(2)7-4-6(3)8-9-7;1-4(2)6-7-5(3)9-8-6;1-4(2)5-6-3-7-8-5;1-3(2)4-5(8)7-9-6-4;2*1-4(2)5(7)6-3;/h3-5,9H,1-2H3;2*4-5H,1-3H3;4H,3H2,1-2H3,(H,7,8);3-4H,1-2H3,(H,6,7,8);3H,1-2H3,(H,7,8);2*4H,1-3H3,(H,6,7);1H4. The molecule has 0 aromatic carbocycles. The van der Waals surface area contributed by atoms with E-state index >= 15 is 0 Å².